The second-order valence-electron chi connectivity index (χ2n) is 5.32. The molecule has 2 atom stereocenters. The lowest BCUT2D eigenvalue weighted by molar-refractivity contribution is -0.145. The molecule has 0 unspecified atom stereocenters. The van der Waals surface area contributed by atoms with Gasteiger partial charge < -0.3 is 9.84 Å². The average molecular weight is 274 g/mol. The van der Waals surface area contributed by atoms with Crippen molar-refractivity contribution < 1.29 is 14.6 Å². The van der Waals surface area contributed by atoms with Crippen molar-refractivity contribution in [3.63, 3.8) is 0 Å². The van der Waals surface area contributed by atoms with E-state index in [2.05, 4.69) is 24.3 Å². The van der Waals surface area contributed by atoms with Crippen molar-refractivity contribution >= 4 is 5.97 Å². The Bertz CT molecular complexity index is 439. The summed E-state index contributed by atoms with van der Waals surface area (Å²) in [5.74, 6) is -0.294. The Morgan fingerprint density at radius 3 is 2.80 bits per heavy atom. The number of unbranched alkanes of at least 4 members (excludes halogenated alkanes) is 1. The van der Waals surface area contributed by atoms with Gasteiger partial charge in [0.05, 0.1) is 6.10 Å². The predicted molar refractivity (Wildman–Crippen MR) is 78.3 cm³/mol. The van der Waals surface area contributed by atoms with Gasteiger partial charge in [-0.25, -0.2) is 4.79 Å². The Morgan fingerprint density at radius 2 is 2.05 bits per heavy atom. The van der Waals surface area contributed by atoms with Crippen LogP contribution in [-0.2, 0) is 16.0 Å². The molecule has 0 fully saturated rings. The molecule has 2 rings (SSSR count). The lowest BCUT2D eigenvalue weighted by Gasteiger charge is -2.21. The fourth-order valence-electron chi connectivity index (χ4n) is 2.49. The van der Waals surface area contributed by atoms with E-state index in [1.54, 1.807) is 0 Å². The minimum Gasteiger partial charge on any atom is -0.459 e. The van der Waals surface area contributed by atoms with Crippen LogP contribution in [0.4, 0.5) is 0 Å². The number of hydrogen-bond donors (Lipinski definition) is 1. The fourth-order valence-corrected chi connectivity index (χ4v) is 2.49. The first-order valence-electron chi connectivity index (χ1n) is 7.33. The molecule has 0 aliphatic carbocycles. The van der Waals surface area contributed by atoms with Crippen LogP contribution in [-0.4, -0.2) is 23.3 Å². The summed E-state index contributed by atoms with van der Waals surface area (Å²) in [4.78, 5) is 11.1. The second-order valence-corrected chi connectivity index (χ2v) is 5.32. The van der Waals surface area contributed by atoms with Crippen molar-refractivity contribution in [3.8, 4) is 0 Å². The summed E-state index contributed by atoms with van der Waals surface area (Å²) in [5.41, 5.74) is 1.34. The van der Waals surface area contributed by atoms with Gasteiger partial charge >= 0.3 is 5.97 Å². The van der Waals surface area contributed by atoms with Crippen LogP contribution in [0.15, 0.2) is 42.5 Å². The number of ether oxygens (including phenoxy) is 1. The van der Waals surface area contributed by atoms with Crippen LogP contribution in [0, 0.1) is 0 Å². The van der Waals surface area contributed by atoms with Gasteiger partial charge in [0.1, 0.15) is 6.10 Å². The van der Waals surface area contributed by atoms with E-state index in [4.69, 9.17) is 4.74 Å². The highest BCUT2D eigenvalue weighted by atomic mass is 16.5. The first-order valence-corrected chi connectivity index (χ1v) is 7.33. The molecule has 1 N–H and O–H groups in total. The standard InChI is InChI=1S/C17H22O3/c18-15(13-16-11-6-12-17(19)20-16)10-5-4-9-14-7-2-1-3-8-14/h1-3,6-8,12,15-16,18H,4-5,9-11,13H2/t15-,16-/m1/s1. The molecule has 3 heteroatoms. The molecule has 0 spiro atoms. The van der Waals surface area contributed by atoms with E-state index >= 15 is 0 Å². The van der Waals surface area contributed by atoms with E-state index < -0.39 is 0 Å². The first-order chi connectivity index (χ1) is 9.74. The normalized spacial score (nSPS) is 19.6. The molecule has 0 aromatic heterocycles. The monoisotopic (exact) mass is 274 g/mol. The van der Waals surface area contributed by atoms with Crippen molar-refractivity contribution in [1.29, 1.82) is 0 Å². The number of aryl methyl sites for hydroxylation is 1. The predicted octanol–water partition coefficient (Wildman–Crippen LogP) is 3.02. The molecule has 1 heterocycles. The maximum atomic E-state index is 11.1. The number of rotatable bonds is 7. The van der Waals surface area contributed by atoms with Gasteiger partial charge in [0.2, 0.25) is 0 Å². The minimum absolute atomic E-state index is 0.156. The Morgan fingerprint density at radius 1 is 1.25 bits per heavy atom. The Labute approximate surface area is 120 Å². The van der Waals surface area contributed by atoms with Crippen LogP contribution in [0.1, 0.15) is 37.7 Å². The number of esters is 1. The Balaban J connectivity index is 1.59. The zero-order chi connectivity index (χ0) is 14.2. The molecule has 20 heavy (non-hydrogen) atoms. The van der Waals surface area contributed by atoms with Crippen LogP contribution in [0.2, 0.25) is 0 Å². The van der Waals surface area contributed by atoms with Crippen LogP contribution < -0.4 is 0 Å². The highest BCUT2D eigenvalue weighted by molar-refractivity contribution is 5.82. The lowest BCUT2D eigenvalue weighted by Crippen LogP contribution is -2.25. The Kier molecular flexibility index (Phi) is 5.81. The molecule has 0 saturated carbocycles. The summed E-state index contributed by atoms with van der Waals surface area (Å²) >= 11 is 0. The van der Waals surface area contributed by atoms with E-state index in [1.807, 2.05) is 12.1 Å². The third kappa shape index (κ3) is 5.17. The summed E-state index contributed by atoms with van der Waals surface area (Å²) in [5, 5.41) is 9.97. The van der Waals surface area contributed by atoms with Gasteiger partial charge in [-0.05, 0) is 24.8 Å². The molecule has 0 bridgehead atoms. The Hall–Kier alpha value is -1.61. The molecule has 3 nitrogen and oxygen atoms in total. The van der Waals surface area contributed by atoms with Gasteiger partial charge in [-0.2, -0.15) is 0 Å². The summed E-state index contributed by atoms with van der Waals surface area (Å²) in [6, 6.07) is 10.4. The molecule has 0 saturated heterocycles. The van der Waals surface area contributed by atoms with Gasteiger partial charge in [0.25, 0.3) is 0 Å². The topological polar surface area (TPSA) is 46.5 Å². The third-order valence-electron chi connectivity index (χ3n) is 3.57. The number of carbonyl (C=O) groups excluding carboxylic acids is 1. The van der Waals surface area contributed by atoms with Gasteiger partial charge in [-0.3, -0.25) is 0 Å². The van der Waals surface area contributed by atoms with Crippen molar-refractivity contribution in [2.45, 2.75) is 50.7 Å². The number of hydrogen-bond acceptors (Lipinski definition) is 3. The lowest BCUT2D eigenvalue weighted by atomic mass is 10.0. The quantitative estimate of drug-likeness (QED) is 0.614. The highest BCUT2D eigenvalue weighted by Gasteiger charge is 2.19. The maximum Gasteiger partial charge on any atom is 0.330 e. The molecule has 1 aromatic rings. The third-order valence-corrected chi connectivity index (χ3v) is 3.57. The molecule has 0 radical (unpaired) electrons. The molecular formula is C17H22O3. The number of carbonyl (C=O) groups is 1. The number of aliphatic hydroxyl groups is 1. The molecule has 1 aliphatic heterocycles. The van der Waals surface area contributed by atoms with Crippen LogP contribution >= 0.6 is 0 Å². The summed E-state index contributed by atoms with van der Waals surface area (Å²) < 4.78 is 5.15. The minimum atomic E-state index is -0.380. The van der Waals surface area contributed by atoms with E-state index in [0.717, 1.165) is 25.7 Å². The van der Waals surface area contributed by atoms with Gasteiger partial charge in [0, 0.05) is 18.9 Å². The zero-order valence-corrected chi connectivity index (χ0v) is 11.7. The van der Waals surface area contributed by atoms with Crippen molar-refractivity contribution in [1.82, 2.24) is 0 Å². The molecule has 108 valence electrons. The van der Waals surface area contributed by atoms with Crippen molar-refractivity contribution in [3.05, 3.63) is 48.0 Å². The summed E-state index contributed by atoms with van der Waals surface area (Å²) in [6.45, 7) is 0. The summed E-state index contributed by atoms with van der Waals surface area (Å²) in [6.07, 6.45) is 7.87. The van der Waals surface area contributed by atoms with E-state index in [-0.39, 0.29) is 18.2 Å². The van der Waals surface area contributed by atoms with Gasteiger partial charge in [-0.1, -0.05) is 42.8 Å². The molecule has 1 aliphatic rings. The number of benzene rings is 1. The van der Waals surface area contributed by atoms with Gasteiger partial charge in [-0.15, -0.1) is 0 Å². The van der Waals surface area contributed by atoms with Crippen molar-refractivity contribution in [2.75, 3.05) is 0 Å². The second kappa shape index (κ2) is 7.85. The van der Waals surface area contributed by atoms with Crippen LogP contribution in [0.25, 0.3) is 0 Å². The number of cyclic esters (lactones) is 1. The zero-order valence-electron chi connectivity index (χ0n) is 11.7. The largest absolute Gasteiger partial charge is 0.459 e. The van der Waals surface area contributed by atoms with E-state index in [0.29, 0.717) is 12.8 Å². The van der Waals surface area contributed by atoms with E-state index in [1.165, 1.54) is 11.6 Å². The van der Waals surface area contributed by atoms with Crippen LogP contribution in [0.3, 0.4) is 0 Å². The highest BCUT2D eigenvalue weighted by Crippen LogP contribution is 2.16. The average Bonchev–Trinajstić information content (AvgIpc) is 2.45. The van der Waals surface area contributed by atoms with E-state index in [9.17, 15) is 9.90 Å². The smallest absolute Gasteiger partial charge is 0.330 e. The van der Waals surface area contributed by atoms with Crippen molar-refractivity contribution in [2.24, 2.45) is 0 Å². The molecular weight excluding hydrogens is 252 g/mol. The molecule has 0 amide bonds. The van der Waals surface area contributed by atoms with Crippen LogP contribution in [0.5, 0.6) is 0 Å². The maximum absolute atomic E-state index is 11.1. The fraction of sp³-hybridized carbons (Fsp3) is 0.471. The SMILES string of the molecule is O=C1C=CC[C@H](C[C@H](O)CCCCc2ccccc2)O1. The molecule has 1 aromatic carbocycles. The summed E-state index contributed by atoms with van der Waals surface area (Å²) in [7, 11) is 0. The van der Waals surface area contributed by atoms with Gasteiger partial charge in [0.15, 0.2) is 0 Å². The number of aliphatic hydroxyl groups excluding tert-OH is 1. The first kappa shape index (κ1) is 14.8.